The second-order valence-corrected chi connectivity index (χ2v) is 8.74. The van der Waals surface area contributed by atoms with Gasteiger partial charge in [-0.15, -0.1) is 0 Å². The summed E-state index contributed by atoms with van der Waals surface area (Å²) in [6.07, 6.45) is 0.843. The van der Waals surface area contributed by atoms with Crippen LogP contribution in [0.5, 0.6) is 0 Å². The maximum absolute atomic E-state index is 12.1. The van der Waals surface area contributed by atoms with Crippen molar-refractivity contribution < 1.29 is 23.1 Å². The number of hydrogen-bond donors (Lipinski definition) is 2. The average Bonchev–Trinajstić information content (AvgIpc) is 2.35. The van der Waals surface area contributed by atoms with Crippen LogP contribution in [0.3, 0.4) is 0 Å². The molecule has 0 spiro atoms. The molecule has 6 nitrogen and oxygen atoms in total. The fraction of sp³-hybridized carbons (Fsp3) is 0.333. The Morgan fingerprint density at radius 3 is 2.57 bits per heavy atom. The van der Waals surface area contributed by atoms with E-state index < -0.39 is 27.8 Å². The van der Waals surface area contributed by atoms with Gasteiger partial charge in [0.25, 0.3) is 5.91 Å². The molecule has 1 unspecified atom stereocenters. The van der Waals surface area contributed by atoms with Gasteiger partial charge in [-0.25, -0.2) is 13.2 Å². The molecule has 1 amide bonds. The Morgan fingerprint density at radius 1 is 1.43 bits per heavy atom. The number of carbonyl (C=O) groups excluding carboxylic acids is 1. The Kier molecular flexibility index (Phi) is 6.60. The van der Waals surface area contributed by atoms with Gasteiger partial charge in [0.05, 0.1) is 11.3 Å². The lowest BCUT2D eigenvalue weighted by Gasteiger charge is -2.14. The Labute approximate surface area is 144 Å². The first kappa shape index (κ1) is 18.4. The molecule has 0 aromatic heterocycles. The van der Waals surface area contributed by atoms with Crippen molar-refractivity contribution in [2.75, 3.05) is 12.0 Å². The minimum Gasteiger partial charge on any atom is -0.480 e. The number of carbonyl (C=O) groups is 2. The first-order valence-corrected chi connectivity index (χ1v) is 9.70. The van der Waals surface area contributed by atoms with Crippen molar-refractivity contribution in [3.63, 3.8) is 0 Å². The number of halogens is 2. The van der Waals surface area contributed by atoms with E-state index in [0.29, 0.717) is 13.6 Å². The molecule has 0 aliphatic carbocycles. The molecule has 0 radical (unpaired) electrons. The predicted molar refractivity (Wildman–Crippen MR) is 90.1 cm³/mol. The zero-order chi connectivity index (χ0) is 16.2. The molecular weight excluding hydrogens is 477 g/mol. The number of hydrogen-bond acceptors (Lipinski definition) is 4. The molecule has 0 aliphatic heterocycles. The molecule has 0 saturated carbocycles. The van der Waals surface area contributed by atoms with E-state index in [4.69, 9.17) is 5.11 Å². The predicted octanol–water partition coefficient (Wildman–Crippen LogP) is 1.67. The molecule has 0 saturated heterocycles. The molecule has 2 N–H and O–H groups in total. The highest BCUT2D eigenvalue weighted by molar-refractivity contribution is 14.1. The normalized spacial score (nSPS) is 12.7. The Hall–Kier alpha value is -0.680. The van der Waals surface area contributed by atoms with Crippen molar-refractivity contribution in [2.24, 2.45) is 0 Å². The van der Waals surface area contributed by atoms with Crippen LogP contribution in [0.4, 0.5) is 0 Å². The molecule has 0 aliphatic rings. The SMILES string of the molecule is CS(=O)(=O)CCC(NC(=O)c1cc(Br)ccc1I)C(=O)O. The van der Waals surface area contributed by atoms with Crippen molar-refractivity contribution >= 4 is 60.2 Å². The molecule has 116 valence electrons. The summed E-state index contributed by atoms with van der Waals surface area (Å²) in [6.45, 7) is 0. The largest absolute Gasteiger partial charge is 0.480 e. The molecule has 9 heteroatoms. The fourth-order valence-corrected chi connectivity index (χ4v) is 3.10. The minimum absolute atomic E-state index is 0.176. The molecule has 1 aromatic carbocycles. The van der Waals surface area contributed by atoms with Crippen LogP contribution in [-0.4, -0.2) is 43.5 Å². The molecule has 0 heterocycles. The van der Waals surface area contributed by atoms with E-state index in [-0.39, 0.29) is 12.2 Å². The number of aliphatic carboxylic acids is 1. The monoisotopic (exact) mass is 489 g/mol. The first-order chi connectivity index (χ1) is 9.60. The maximum Gasteiger partial charge on any atom is 0.326 e. The molecule has 0 fully saturated rings. The number of nitrogens with one attached hydrogen (secondary N) is 1. The molecule has 1 rings (SSSR count). The quantitative estimate of drug-likeness (QED) is 0.592. The number of sulfone groups is 1. The average molecular weight is 490 g/mol. The number of carboxylic acid groups (broad SMARTS) is 1. The Balaban J connectivity index is 2.86. The second-order valence-electron chi connectivity index (χ2n) is 4.41. The van der Waals surface area contributed by atoms with Crippen molar-refractivity contribution in [2.45, 2.75) is 12.5 Å². The van der Waals surface area contributed by atoms with E-state index in [0.717, 1.165) is 6.26 Å². The van der Waals surface area contributed by atoms with Gasteiger partial charge in [-0.05, 0) is 47.2 Å². The van der Waals surface area contributed by atoms with E-state index in [2.05, 4.69) is 21.2 Å². The third-order valence-electron chi connectivity index (χ3n) is 2.55. The molecule has 0 bridgehead atoms. The van der Waals surface area contributed by atoms with E-state index in [1.807, 2.05) is 22.6 Å². The van der Waals surface area contributed by atoms with E-state index in [1.54, 1.807) is 18.2 Å². The highest BCUT2D eigenvalue weighted by atomic mass is 127. The summed E-state index contributed by atoms with van der Waals surface area (Å²) in [5, 5.41) is 11.4. The Morgan fingerprint density at radius 2 is 2.05 bits per heavy atom. The third kappa shape index (κ3) is 6.30. The first-order valence-electron chi connectivity index (χ1n) is 5.76. The van der Waals surface area contributed by atoms with E-state index in [1.165, 1.54) is 0 Å². The molecule has 1 aromatic rings. The van der Waals surface area contributed by atoms with Crippen LogP contribution in [-0.2, 0) is 14.6 Å². The van der Waals surface area contributed by atoms with Gasteiger partial charge < -0.3 is 10.4 Å². The summed E-state index contributed by atoms with van der Waals surface area (Å²) in [7, 11) is -3.29. The standard InChI is InChI=1S/C12H13BrINO5S/c1-21(19,20)5-4-10(12(17)18)15-11(16)8-6-7(13)2-3-9(8)14/h2-3,6,10H,4-5H2,1H3,(H,15,16)(H,17,18). The molecule has 21 heavy (non-hydrogen) atoms. The van der Waals surface area contributed by atoms with Crippen molar-refractivity contribution in [3.8, 4) is 0 Å². The third-order valence-corrected chi connectivity index (χ3v) is 4.96. The summed E-state index contributed by atoms with van der Waals surface area (Å²) in [4.78, 5) is 23.2. The number of amides is 1. The van der Waals surface area contributed by atoms with Gasteiger partial charge in [0.1, 0.15) is 15.9 Å². The molecular formula is C12H13BrINO5S. The van der Waals surface area contributed by atoms with Crippen LogP contribution in [0.15, 0.2) is 22.7 Å². The lowest BCUT2D eigenvalue weighted by Crippen LogP contribution is -2.42. The van der Waals surface area contributed by atoms with Crippen LogP contribution in [0.2, 0.25) is 0 Å². The van der Waals surface area contributed by atoms with Gasteiger partial charge in [0.2, 0.25) is 0 Å². The summed E-state index contributed by atoms with van der Waals surface area (Å²) in [5.41, 5.74) is 0.329. The van der Waals surface area contributed by atoms with Crippen LogP contribution in [0.25, 0.3) is 0 Å². The van der Waals surface area contributed by atoms with Gasteiger partial charge in [-0.3, -0.25) is 4.79 Å². The van der Waals surface area contributed by atoms with Gasteiger partial charge in [-0.2, -0.15) is 0 Å². The van der Waals surface area contributed by atoms with Crippen molar-refractivity contribution in [1.82, 2.24) is 5.32 Å². The van der Waals surface area contributed by atoms with E-state index >= 15 is 0 Å². The minimum atomic E-state index is -3.29. The number of carboxylic acids is 1. The smallest absolute Gasteiger partial charge is 0.326 e. The van der Waals surface area contributed by atoms with Gasteiger partial charge in [-0.1, -0.05) is 15.9 Å². The van der Waals surface area contributed by atoms with Crippen LogP contribution >= 0.6 is 38.5 Å². The zero-order valence-electron chi connectivity index (χ0n) is 11.0. The molecule has 1 atom stereocenters. The topological polar surface area (TPSA) is 101 Å². The highest BCUT2D eigenvalue weighted by Crippen LogP contribution is 2.18. The fourth-order valence-electron chi connectivity index (χ4n) is 1.50. The maximum atomic E-state index is 12.1. The number of benzene rings is 1. The van der Waals surface area contributed by atoms with Crippen LogP contribution in [0.1, 0.15) is 16.8 Å². The lowest BCUT2D eigenvalue weighted by atomic mass is 10.1. The summed E-state index contributed by atoms with van der Waals surface area (Å²) in [5.74, 6) is -2.13. The van der Waals surface area contributed by atoms with Crippen molar-refractivity contribution in [3.05, 3.63) is 31.8 Å². The second kappa shape index (κ2) is 7.54. The van der Waals surface area contributed by atoms with Crippen LogP contribution < -0.4 is 5.32 Å². The van der Waals surface area contributed by atoms with Gasteiger partial charge in [0.15, 0.2) is 0 Å². The van der Waals surface area contributed by atoms with E-state index in [9.17, 15) is 18.0 Å². The zero-order valence-corrected chi connectivity index (χ0v) is 15.5. The van der Waals surface area contributed by atoms with Crippen molar-refractivity contribution in [1.29, 1.82) is 0 Å². The summed E-state index contributed by atoms with van der Waals surface area (Å²) < 4.78 is 23.6. The van der Waals surface area contributed by atoms with Gasteiger partial charge >= 0.3 is 5.97 Å². The van der Waals surface area contributed by atoms with Gasteiger partial charge in [0, 0.05) is 14.3 Å². The lowest BCUT2D eigenvalue weighted by molar-refractivity contribution is -0.139. The Bertz CT molecular complexity index is 662. The summed E-state index contributed by atoms with van der Waals surface area (Å²) >= 11 is 5.20. The van der Waals surface area contributed by atoms with Crippen LogP contribution in [0, 0.1) is 3.57 Å². The summed E-state index contributed by atoms with van der Waals surface area (Å²) in [6, 6.07) is 3.80. The highest BCUT2D eigenvalue weighted by Gasteiger charge is 2.23. The number of rotatable bonds is 6.